The molecule has 0 spiro atoms. The minimum absolute atomic E-state index is 0.145. The van der Waals surface area contributed by atoms with Gasteiger partial charge in [0, 0.05) is 78.9 Å². The molecule has 1 atom stereocenters. The van der Waals surface area contributed by atoms with Gasteiger partial charge in [-0.15, -0.1) is 0 Å². The molecule has 1 fully saturated rings. The van der Waals surface area contributed by atoms with E-state index >= 15 is 4.79 Å². The largest absolute Gasteiger partial charge is 0.494 e. The standard InChI is InChI=1S/C44H48Cl2N6O5/c1-24-17-31(18-25(2)39(24)46)57-14-8-9-32-33-10-11-34(45)38(37-27(4)47-49(7)28(37)5)41(33)52-26(3)22-51(43(53)42(32)52)35-20-29(23-50-12-15-56-16-13-50)19-30-21-36(44(54)55)48(6)40(30)35/h10-11,17-21,26H,8-9,12-16,22-23H2,1-7H3,(H,54,55)/t26-/m1/s1. The van der Waals surface area contributed by atoms with Gasteiger partial charge in [-0.1, -0.05) is 29.3 Å². The number of amides is 1. The summed E-state index contributed by atoms with van der Waals surface area (Å²) in [7, 11) is 3.69. The Kier molecular flexibility index (Phi) is 10.4. The third-order valence-electron chi connectivity index (χ3n) is 11.8. The predicted molar refractivity (Wildman–Crippen MR) is 226 cm³/mol. The van der Waals surface area contributed by atoms with Crippen LogP contribution in [0.1, 0.15) is 74.0 Å². The van der Waals surface area contributed by atoms with Crippen molar-refractivity contribution in [1.82, 2.24) is 23.8 Å². The number of fused-ring (bicyclic) bond motifs is 4. The second-order valence-electron chi connectivity index (χ2n) is 15.6. The first-order valence-electron chi connectivity index (χ1n) is 19.5. The van der Waals surface area contributed by atoms with Crippen molar-refractivity contribution in [3.8, 4) is 16.9 Å². The lowest BCUT2D eigenvalue weighted by molar-refractivity contribution is 0.0342. The molecule has 1 N–H and O–H groups in total. The highest BCUT2D eigenvalue weighted by molar-refractivity contribution is 6.35. The Morgan fingerprint density at radius 2 is 1.70 bits per heavy atom. The van der Waals surface area contributed by atoms with E-state index in [2.05, 4.69) is 28.5 Å². The Hall–Kier alpha value is -4.81. The van der Waals surface area contributed by atoms with Crippen LogP contribution in [0, 0.1) is 27.7 Å². The third kappa shape index (κ3) is 6.78. The molecule has 6 aromatic rings. The van der Waals surface area contributed by atoms with Crippen LogP contribution in [-0.4, -0.2) is 80.3 Å². The summed E-state index contributed by atoms with van der Waals surface area (Å²) in [5.41, 5.74) is 10.6. The van der Waals surface area contributed by atoms with E-state index in [1.807, 2.05) is 68.6 Å². The van der Waals surface area contributed by atoms with Crippen LogP contribution in [0.25, 0.3) is 32.9 Å². The molecule has 2 aliphatic heterocycles. The number of nitrogens with zero attached hydrogens (tertiary/aromatic N) is 6. The third-order valence-corrected chi connectivity index (χ3v) is 12.7. The van der Waals surface area contributed by atoms with Crippen molar-refractivity contribution >= 4 is 62.6 Å². The van der Waals surface area contributed by atoms with Crippen molar-refractivity contribution in [3.05, 3.63) is 97.5 Å². The average molecular weight is 812 g/mol. The zero-order chi connectivity index (χ0) is 40.4. The zero-order valence-corrected chi connectivity index (χ0v) is 35.0. The SMILES string of the molecule is Cc1cc(OCCCc2c3n(c4c(-c5c(C)nn(C)c5C)c(Cl)ccc24)[C@H](C)CN(c2cc(CN4CCOCC4)cc4cc(C(=O)O)n(C)c24)C3=O)cc(C)c1Cl. The summed E-state index contributed by atoms with van der Waals surface area (Å²) in [5.74, 6) is -0.407. The Balaban J connectivity index is 1.28. The van der Waals surface area contributed by atoms with Crippen LogP contribution in [0.15, 0.2) is 42.5 Å². The molecular weight excluding hydrogens is 763 g/mol. The number of aryl methyl sites for hydroxylation is 6. The summed E-state index contributed by atoms with van der Waals surface area (Å²) in [6, 6.07) is 13.5. The fourth-order valence-electron chi connectivity index (χ4n) is 9.00. The molecule has 11 nitrogen and oxygen atoms in total. The highest BCUT2D eigenvalue weighted by Crippen LogP contribution is 2.46. The lowest BCUT2D eigenvalue weighted by Crippen LogP contribution is -2.43. The van der Waals surface area contributed by atoms with Crippen molar-refractivity contribution in [2.24, 2.45) is 14.1 Å². The van der Waals surface area contributed by atoms with Gasteiger partial charge >= 0.3 is 5.97 Å². The summed E-state index contributed by atoms with van der Waals surface area (Å²) in [6.45, 7) is 14.5. The number of aromatic nitrogens is 4. The van der Waals surface area contributed by atoms with Crippen LogP contribution < -0.4 is 9.64 Å². The fraction of sp³-hybridized carbons (Fsp3) is 0.386. The smallest absolute Gasteiger partial charge is 0.352 e. The lowest BCUT2D eigenvalue weighted by Gasteiger charge is -2.35. The Morgan fingerprint density at radius 3 is 2.37 bits per heavy atom. The van der Waals surface area contributed by atoms with E-state index in [0.717, 1.165) is 84.9 Å². The van der Waals surface area contributed by atoms with Crippen LogP contribution in [0.4, 0.5) is 5.69 Å². The Labute approximate surface area is 342 Å². The van der Waals surface area contributed by atoms with Crippen LogP contribution in [-0.2, 0) is 31.8 Å². The second-order valence-corrected chi connectivity index (χ2v) is 16.4. The first-order valence-corrected chi connectivity index (χ1v) is 20.2. The maximum absolute atomic E-state index is 15.4. The lowest BCUT2D eigenvalue weighted by atomic mass is 9.98. The molecule has 0 aliphatic carbocycles. The van der Waals surface area contributed by atoms with E-state index in [4.69, 9.17) is 37.8 Å². The number of halogens is 2. The molecule has 0 radical (unpaired) electrons. The van der Waals surface area contributed by atoms with Gasteiger partial charge in [0.1, 0.15) is 17.1 Å². The summed E-state index contributed by atoms with van der Waals surface area (Å²) in [4.78, 5) is 32.1. The number of carboxylic acids is 1. The number of hydrogen-bond donors (Lipinski definition) is 1. The quantitative estimate of drug-likeness (QED) is 0.138. The topological polar surface area (TPSA) is 107 Å². The molecule has 13 heteroatoms. The van der Waals surface area contributed by atoms with Crippen molar-refractivity contribution in [1.29, 1.82) is 0 Å². The molecule has 0 unspecified atom stereocenters. The highest BCUT2D eigenvalue weighted by Gasteiger charge is 2.38. The Morgan fingerprint density at radius 1 is 0.982 bits per heavy atom. The number of carboxylic acid groups (broad SMARTS) is 1. The van der Waals surface area contributed by atoms with Gasteiger partial charge in [-0.25, -0.2) is 4.79 Å². The van der Waals surface area contributed by atoms with Crippen molar-refractivity contribution in [3.63, 3.8) is 0 Å². The number of ether oxygens (including phenoxy) is 2. The van der Waals surface area contributed by atoms with E-state index < -0.39 is 5.97 Å². The number of carbonyl (C=O) groups excluding carboxylic acids is 1. The number of rotatable bonds is 10. The predicted octanol–water partition coefficient (Wildman–Crippen LogP) is 8.84. The number of aromatic carboxylic acids is 1. The summed E-state index contributed by atoms with van der Waals surface area (Å²) >= 11 is 13.6. The van der Waals surface area contributed by atoms with Crippen LogP contribution in [0.2, 0.25) is 10.0 Å². The first kappa shape index (κ1) is 39.0. The molecule has 1 saturated heterocycles. The molecular formula is C44H48Cl2N6O5. The van der Waals surface area contributed by atoms with E-state index in [9.17, 15) is 9.90 Å². The molecule has 57 heavy (non-hydrogen) atoms. The summed E-state index contributed by atoms with van der Waals surface area (Å²) < 4.78 is 17.6. The van der Waals surface area contributed by atoms with Gasteiger partial charge in [-0.3, -0.25) is 14.4 Å². The molecule has 2 aliphatic rings. The highest BCUT2D eigenvalue weighted by atomic mass is 35.5. The summed E-state index contributed by atoms with van der Waals surface area (Å²) in [5, 5.41) is 18.0. The molecule has 5 heterocycles. The van der Waals surface area contributed by atoms with Crippen molar-refractivity contribution < 1.29 is 24.2 Å². The molecule has 298 valence electrons. The van der Waals surface area contributed by atoms with E-state index in [1.165, 1.54) is 0 Å². The van der Waals surface area contributed by atoms with Gasteiger partial charge in [-0.05, 0) is 106 Å². The molecule has 0 saturated carbocycles. The zero-order valence-electron chi connectivity index (χ0n) is 33.5. The number of morpholine rings is 1. The van der Waals surface area contributed by atoms with Gasteiger partial charge < -0.3 is 28.6 Å². The van der Waals surface area contributed by atoms with E-state index in [-0.39, 0.29) is 17.6 Å². The summed E-state index contributed by atoms with van der Waals surface area (Å²) in [6.07, 6.45) is 1.22. The van der Waals surface area contributed by atoms with Crippen molar-refractivity contribution in [2.45, 2.75) is 60.0 Å². The van der Waals surface area contributed by atoms with Gasteiger partial charge in [0.25, 0.3) is 5.91 Å². The number of anilines is 1. The van der Waals surface area contributed by atoms with E-state index in [1.54, 1.807) is 17.7 Å². The van der Waals surface area contributed by atoms with Gasteiger partial charge in [0.2, 0.25) is 0 Å². The normalized spacial score (nSPS) is 16.3. The number of benzene rings is 3. The minimum Gasteiger partial charge on any atom is -0.494 e. The van der Waals surface area contributed by atoms with Crippen LogP contribution in [0.3, 0.4) is 0 Å². The minimum atomic E-state index is -1.02. The molecule has 3 aromatic heterocycles. The number of carbonyl (C=O) groups is 2. The van der Waals surface area contributed by atoms with E-state index in [0.29, 0.717) is 67.7 Å². The molecule has 3 aromatic carbocycles. The fourth-order valence-corrected chi connectivity index (χ4v) is 9.35. The molecule has 1 amide bonds. The van der Waals surface area contributed by atoms with Crippen molar-refractivity contribution in [2.75, 3.05) is 44.4 Å². The van der Waals surface area contributed by atoms with Crippen LogP contribution >= 0.6 is 23.2 Å². The molecule has 0 bridgehead atoms. The maximum Gasteiger partial charge on any atom is 0.352 e. The maximum atomic E-state index is 15.4. The second kappa shape index (κ2) is 15.2. The monoisotopic (exact) mass is 810 g/mol. The van der Waals surface area contributed by atoms with Crippen LogP contribution in [0.5, 0.6) is 5.75 Å². The first-order chi connectivity index (χ1) is 27.2. The molecule has 8 rings (SSSR count). The van der Waals surface area contributed by atoms with Gasteiger partial charge in [-0.2, -0.15) is 5.10 Å². The average Bonchev–Trinajstić information content (AvgIpc) is 3.78. The van der Waals surface area contributed by atoms with Gasteiger partial charge in [0.05, 0.1) is 47.3 Å². The van der Waals surface area contributed by atoms with Gasteiger partial charge in [0.15, 0.2) is 0 Å². The Bertz CT molecular complexity index is 2570. The number of hydrogen-bond acceptors (Lipinski definition) is 6.